The maximum absolute atomic E-state index is 12.7. The van der Waals surface area contributed by atoms with E-state index in [0.29, 0.717) is 28.7 Å². The molecule has 0 spiro atoms. The van der Waals surface area contributed by atoms with Gasteiger partial charge >= 0.3 is 0 Å². The van der Waals surface area contributed by atoms with Gasteiger partial charge in [0, 0.05) is 36.7 Å². The third-order valence-electron chi connectivity index (χ3n) is 7.63. The quantitative estimate of drug-likeness (QED) is 0.710. The molecule has 0 aromatic carbocycles. The van der Waals surface area contributed by atoms with E-state index in [2.05, 4.69) is 26.3 Å². The number of pyridine rings is 1. The molecule has 7 nitrogen and oxygen atoms in total. The monoisotopic (exact) mass is 459 g/mol. The number of hydrogen-bond acceptors (Lipinski definition) is 7. The molecule has 0 amide bonds. The number of anilines is 2. The molecule has 4 atom stereocenters. The Labute approximate surface area is 189 Å². The third kappa shape index (κ3) is 3.26. The number of aliphatic hydroxyl groups excluding tert-OH is 1. The Morgan fingerprint density at radius 3 is 2.74 bits per heavy atom. The van der Waals surface area contributed by atoms with E-state index < -0.39 is 10.8 Å². The van der Waals surface area contributed by atoms with Crippen LogP contribution in [0, 0.1) is 5.92 Å². The Kier molecular flexibility index (Phi) is 4.74. The molecule has 2 N–H and O–H groups in total. The molecule has 2 aromatic heterocycles. The highest BCUT2D eigenvalue weighted by molar-refractivity contribution is 7.85. The molecular formula is C22H26ClN5O2S. The number of nitrogens with zero attached hydrogens (tertiary/aromatic N) is 4. The molecule has 4 aliphatic rings. The van der Waals surface area contributed by atoms with Gasteiger partial charge in [-0.2, -0.15) is 0 Å². The molecule has 2 saturated carbocycles. The lowest BCUT2D eigenvalue weighted by atomic mass is 9.77. The Hall–Kier alpha value is -1.77. The van der Waals surface area contributed by atoms with Crippen molar-refractivity contribution in [3.8, 4) is 0 Å². The standard InChI is InChI=1S/C22H26ClN5O2S/c23-15-9-24-20(25-10-15)17-8-16-6-14(17)11-28(16)18-7-13-2-5-31(30)19(13)21(26-18)27-22(12-29)3-1-4-22/h7,9-10,14,16-17,29H,1-6,8,11-12H2,(H,26,27)/t14?,16?,17?,31-/m0/s1. The van der Waals surface area contributed by atoms with Crippen LogP contribution in [0.3, 0.4) is 0 Å². The maximum Gasteiger partial charge on any atom is 0.145 e. The van der Waals surface area contributed by atoms with Crippen molar-refractivity contribution < 1.29 is 9.32 Å². The lowest BCUT2D eigenvalue weighted by molar-refractivity contribution is 0.143. The topological polar surface area (TPSA) is 91.2 Å². The van der Waals surface area contributed by atoms with Crippen LogP contribution in [0.2, 0.25) is 5.02 Å². The van der Waals surface area contributed by atoms with Gasteiger partial charge in [-0.25, -0.2) is 15.0 Å². The van der Waals surface area contributed by atoms with Gasteiger partial charge in [0.2, 0.25) is 0 Å². The number of hydrogen-bond donors (Lipinski definition) is 2. The van der Waals surface area contributed by atoms with Gasteiger partial charge < -0.3 is 15.3 Å². The molecule has 31 heavy (non-hydrogen) atoms. The summed E-state index contributed by atoms with van der Waals surface area (Å²) >= 11 is 5.96. The van der Waals surface area contributed by atoms with Crippen LogP contribution in [0.1, 0.15) is 49.4 Å². The molecule has 1 saturated heterocycles. The molecular weight excluding hydrogens is 434 g/mol. The number of aliphatic hydroxyl groups is 1. The molecule has 6 rings (SSSR count). The van der Waals surface area contributed by atoms with Crippen molar-refractivity contribution in [1.82, 2.24) is 15.0 Å². The first-order valence-electron chi connectivity index (χ1n) is 11.1. The van der Waals surface area contributed by atoms with E-state index in [1.165, 1.54) is 0 Å². The van der Waals surface area contributed by atoms with Gasteiger partial charge in [-0.05, 0) is 56.1 Å². The second kappa shape index (κ2) is 7.39. The van der Waals surface area contributed by atoms with E-state index in [-0.39, 0.29) is 12.1 Å². The van der Waals surface area contributed by atoms with E-state index in [1.54, 1.807) is 12.4 Å². The zero-order valence-corrected chi connectivity index (χ0v) is 18.8. The first-order chi connectivity index (χ1) is 15.0. The average molecular weight is 460 g/mol. The summed E-state index contributed by atoms with van der Waals surface area (Å²) in [5, 5.41) is 14.0. The normalized spacial score (nSPS) is 30.3. The van der Waals surface area contributed by atoms with E-state index in [4.69, 9.17) is 16.6 Å². The summed E-state index contributed by atoms with van der Waals surface area (Å²) in [6.07, 6.45) is 9.27. The van der Waals surface area contributed by atoms with E-state index in [1.807, 2.05) is 0 Å². The fourth-order valence-electron chi connectivity index (χ4n) is 5.79. The van der Waals surface area contributed by atoms with Crippen molar-refractivity contribution in [2.75, 3.05) is 29.1 Å². The highest BCUT2D eigenvalue weighted by Crippen LogP contribution is 2.49. The zero-order valence-electron chi connectivity index (χ0n) is 17.3. The van der Waals surface area contributed by atoms with Crippen LogP contribution >= 0.6 is 11.6 Å². The Morgan fingerprint density at radius 1 is 1.29 bits per heavy atom. The van der Waals surface area contributed by atoms with Crippen molar-refractivity contribution in [3.63, 3.8) is 0 Å². The number of halogens is 1. The number of fused-ring (bicyclic) bond motifs is 3. The van der Waals surface area contributed by atoms with Gasteiger partial charge in [0.05, 0.1) is 32.9 Å². The highest BCUT2D eigenvalue weighted by Gasteiger charge is 2.47. The maximum atomic E-state index is 12.7. The summed E-state index contributed by atoms with van der Waals surface area (Å²) in [6, 6.07) is 2.56. The molecule has 4 heterocycles. The average Bonchev–Trinajstić information content (AvgIpc) is 3.45. The van der Waals surface area contributed by atoms with Crippen LogP contribution in [0.15, 0.2) is 23.4 Å². The summed E-state index contributed by atoms with van der Waals surface area (Å²) < 4.78 is 12.7. The fourth-order valence-corrected chi connectivity index (χ4v) is 7.26. The van der Waals surface area contributed by atoms with Crippen molar-refractivity contribution in [1.29, 1.82) is 0 Å². The number of rotatable bonds is 5. The first kappa shape index (κ1) is 19.9. The van der Waals surface area contributed by atoms with Gasteiger partial charge in [0.1, 0.15) is 17.5 Å². The molecule has 0 radical (unpaired) electrons. The summed E-state index contributed by atoms with van der Waals surface area (Å²) in [5.74, 6) is 4.11. The van der Waals surface area contributed by atoms with Gasteiger partial charge in [-0.3, -0.25) is 4.21 Å². The molecule has 9 heteroatoms. The second-order valence-electron chi connectivity index (χ2n) is 9.44. The number of nitrogens with one attached hydrogen (secondary N) is 1. The van der Waals surface area contributed by atoms with Crippen LogP contribution in [0.25, 0.3) is 0 Å². The zero-order chi connectivity index (χ0) is 21.2. The summed E-state index contributed by atoms with van der Waals surface area (Å²) in [6.45, 7) is 1.01. The first-order valence-corrected chi connectivity index (χ1v) is 12.8. The predicted molar refractivity (Wildman–Crippen MR) is 120 cm³/mol. The van der Waals surface area contributed by atoms with E-state index >= 15 is 0 Å². The minimum absolute atomic E-state index is 0.0809. The summed E-state index contributed by atoms with van der Waals surface area (Å²) in [7, 11) is -1.02. The van der Waals surface area contributed by atoms with Gasteiger partial charge in [-0.15, -0.1) is 0 Å². The van der Waals surface area contributed by atoms with Gasteiger partial charge in [0.25, 0.3) is 0 Å². The van der Waals surface area contributed by atoms with Crippen LogP contribution in [-0.2, 0) is 17.2 Å². The van der Waals surface area contributed by atoms with Crippen molar-refractivity contribution in [3.05, 3.63) is 34.9 Å². The smallest absolute Gasteiger partial charge is 0.145 e. The fraction of sp³-hybridized carbons (Fsp3) is 0.591. The van der Waals surface area contributed by atoms with Crippen LogP contribution in [0.5, 0.6) is 0 Å². The second-order valence-corrected chi connectivity index (χ2v) is 11.4. The van der Waals surface area contributed by atoms with Crippen LogP contribution in [0.4, 0.5) is 11.6 Å². The SMILES string of the molecule is O=[S@]1CCc2cc(N3CC4CC3CC4c3ncc(Cl)cn3)nc(NC3(CO)CCC3)c21. The molecule has 164 valence electrons. The lowest BCUT2D eigenvalue weighted by Gasteiger charge is -2.42. The van der Waals surface area contributed by atoms with Gasteiger partial charge in [-0.1, -0.05) is 11.6 Å². The molecule has 3 unspecified atom stereocenters. The molecule has 2 aliphatic carbocycles. The third-order valence-corrected chi connectivity index (χ3v) is 9.31. The van der Waals surface area contributed by atoms with Crippen molar-refractivity contribution in [2.24, 2.45) is 5.92 Å². The number of piperidine rings is 1. The minimum atomic E-state index is -1.02. The van der Waals surface area contributed by atoms with Gasteiger partial charge in [0.15, 0.2) is 0 Å². The van der Waals surface area contributed by atoms with Crippen molar-refractivity contribution >= 4 is 34.0 Å². The Bertz CT molecular complexity index is 1040. The van der Waals surface area contributed by atoms with Crippen LogP contribution < -0.4 is 10.2 Å². The largest absolute Gasteiger partial charge is 0.394 e. The Balaban J connectivity index is 1.28. The number of aromatic nitrogens is 3. The Morgan fingerprint density at radius 2 is 2.10 bits per heavy atom. The minimum Gasteiger partial charge on any atom is -0.394 e. The summed E-state index contributed by atoms with van der Waals surface area (Å²) in [5.41, 5.74) is 0.825. The van der Waals surface area contributed by atoms with Crippen molar-refractivity contribution in [2.45, 2.75) is 60.9 Å². The molecule has 2 bridgehead atoms. The summed E-state index contributed by atoms with van der Waals surface area (Å²) in [4.78, 5) is 17.2. The predicted octanol–water partition coefficient (Wildman–Crippen LogP) is 2.90. The highest BCUT2D eigenvalue weighted by atomic mass is 35.5. The molecule has 3 fully saturated rings. The number of aryl methyl sites for hydroxylation is 1. The van der Waals surface area contributed by atoms with E-state index in [0.717, 1.165) is 73.0 Å². The molecule has 2 aliphatic heterocycles. The van der Waals surface area contributed by atoms with E-state index in [9.17, 15) is 9.32 Å². The lowest BCUT2D eigenvalue weighted by Crippen LogP contribution is -2.48. The molecule has 2 aromatic rings. The van der Waals surface area contributed by atoms with Crippen LogP contribution in [-0.4, -0.2) is 54.8 Å².